The van der Waals surface area contributed by atoms with E-state index in [-0.39, 0.29) is 22.9 Å². The van der Waals surface area contributed by atoms with Gasteiger partial charge in [0.1, 0.15) is 5.75 Å². The second-order valence-electron chi connectivity index (χ2n) is 4.53. The highest BCUT2D eigenvalue weighted by Crippen LogP contribution is 2.37. The molecule has 0 unspecified atom stereocenters. The maximum atomic E-state index is 12.0. The lowest BCUT2D eigenvalue weighted by atomic mass is 10.2. The predicted octanol–water partition coefficient (Wildman–Crippen LogP) is 4.27. The molecule has 0 atom stereocenters. The molecular weight excluding hydrogens is 350 g/mol. The van der Waals surface area contributed by atoms with Gasteiger partial charge in [0.25, 0.3) is 5.91 Å². The summed E-state index contributed by atoms with van der Waals surface area (Å²) in [4.78, 5) is 14.7. The molecule has 1 heterocycles. The molecule has 0 radical (unpaired) electrons. The standard InChI is InChI=1S/C15H10BrN3O3/c16-8-5-6-11-10(7-8)13(15(22)17-11)18-19-14(21)9-3-1-2-4-12(9)20/h1-7,17,20,22H. The van der Waals surface area contributed by atoms with Gasteiger partial charge >= 0.3 is 0 Å². The third-order valence-corrected chi connectivity index (χ3v) is 3.58. The van der Waals surface area contributed by atoms with Crippen LogP contribution in [0, 0.1) is 0 Å². The fraction of sp³-hybridized carbons (Fsp3) is 0. The lowest BCUT2D eigenvalue weighted by molar-refractivity contribution is 0.0992. The van der Waals surface area contributed by atoms with Crippen molar-refractivity contribution in [3.8, 4) is 11.6 Å². The van der Waals surface area contributed by atoms with Crippen LogP contribution in [0.15, 0.2) is 57.2 Å². The normalized spacial score (nSPS) is 11.3. The number of carbonyl (C=O) groups excluding carboxylic acids is 1. The van der Waals surface area contributed by atoms with Crippen molar-refractivity contribution in [2.45, 2.75) is 0 Å². The summed E-state index contributed by atoms with van der Waals surface area (Å²) in [6.45, 7) is 0. The monoisotopic (exact) mass is 359 g/mol. The first-order chi connectivity index (χ1) is 10.6. The van der Waals surface area contributed by atoms with Gasteiger partial charge in [-0.15, -0.1) is 10.2 Å². The van der Waals surface area contributed by atoms with Gasteiger partial charge in [-0.2, -0.15) is 0 Å². The number of benzene rings is 2. The van der Waals surface area contributed by atoms with Crippen LogP contribution in [0.3, 0.4) is 0 Å². The van der Waals surface area contributed by atoms with Crippen LogP contribution in [0.4, 0.5) is 5.69 Å². The summed E-state index contributed by atoms with van der Waals surface area (Å²) in [7, 11) is 0. The second-order valence-corrected chi connectivity index (χ2v) is 5.45. The van der Waals surface area contributed by atoms with Crippen molar-refractivity contribution >= 4 is 38.4 Å². The van der Waals surface area contributed by atoms with Crippen molar-refractivity contribution in [2.24, 2.45) is 10.2 Å². The number of phenolic OH excluding ortho intramolecular Hbond substituents is 1. The second kappa shape index (κ2) is 5.61. The summed E-state index contributed by atoms with van der Waals surface area (Å²) in [5, 5.41) is 27.5. The Bertz CT molecular complexity index is 902. The number of hydrogen-bond donors (Lipinski definition) is 3. The maximum Gasteiger partial charge on any atom is 0.299 e. The SMILES string of the molecule is O=C(N=Nc1c(O)[nH]c2ccc(Br)cc12)c1ccccc1O. The van der Waals surface area contributed by atoms with E-state index in [2.05, 4.69) is 31.1 Å². The van der Waals surface area contributed by atoms with Gasteiger partial charge in [-0.25, -0.2) is 0 Å². The number of azo groups is 1. The number of phenols is 1. The van der Waals surface area contributed by atoms with Crippen molar-refractivity contribution in [2.75, 3.05) is 0 Å². The Morgan fingerprint density at radius 1 is 1.14 bits per heavy atom. The van der Waals surface area contributed by atoms with Crippen molar-refractivity contribution in [3.63, 3.8) is 0 Å². The number of para-hydroxylation sites is 1. The summed E-state index contributed by atoms with van der Waals surface area (Å²) in [5.74, 6) is -1.04. The van der Waals surface area contributed by atoms with E-state index in [0.717, 1.165) is 4.47 Å². The Morgan fingerprint density at radius 2 is 1.91 bits per heavy atom. The van der Waals surface area contributed by atoms with Crippen LogP contribution in [0.5, 0.6) is 11.6 Å². The van der Waals surface area contributed by atoms with Crippen LogP contribution in [-0.2, 0) is 0 Å². The van der Waals surface area contributed by atoms with Crippen molar-refractivity contribution in [3.05, 3.63) is 52.5 Å². The number of carbonyl (C=O) groups is 1. The topological polar surface area (TPSA) is 98.0 Å². The molecule has 0 spiro atoms. The Morgan fingerprint density at radius 3 is 2.68 bits per heavy atom. The summed E-state index contributed by atoms with van der Waals surface area (Å²) in [5.41, 5.74) is 0.886. The molecule has 0 aliphatic carbocycles. The first kappa shape index (κ1) is 14.3. The van der Waals surface area contributed by atoms with Crippen molar-refractivity contribution in [1.82, 2.24) is 4.98 Å². The predicted molar refractivity (Wildman–Crippen MR) is 84.6 cm³/mol. The van der Waals surface area contributed by atoms with E-state index in [1.165, 1.54) is 12.1 Å². The summed E-state index contributed by atoms with van der Waals surface area (Å²) < 4.78 is 0.808. The van der Waals surface area contributed by atoms with Crippen molar-refractivity contribution in [1.29, 1.82) is 0 Å². The third-order valence-electron chi connectivity index (χ3n) is 3.09. The molecule has 2 aromatic carbocycles. The van der Waals surface area contributed by atoms with Crippen LogP contribution in [0.2, 0.25) is 0 Å². The number of aromatic nitrogens is 1. The Balaban J connectivity index is 1.99. The molecule has 0 fully saturated rings. The molecule has 0 saturated heterocycles. The van der Waals surface area contributed by atoms with E-state index >= 15 is 0 Å². The zero-order valence-electron chi connectivity index (χ0n) is 11.1. The smallest absolute Gasteiger partial charge is 0.299 e. The molecule has 7 heteroatoms. The number of aromatic amines is 1. The minimum atomic E-state index is -0.693. The number of hydrogen-bond acceptors (Lipinski definition) is 4. The van der Waals surface area contributed by atoms with E-state index in [1.54, 1.807) is 24.3 Å². The minimum absolute atomic E-state index is 0.0479. The first-order valence-corrected chi connectivity index (χ1v) is 7.10. The average Bonchev–Trinajstić information content (AvgIpc) is 2.80. The fourth-order valence-corrected chi connectivity index (χ4v) is 2.40. The highest BCUT2D eigenvalue weighted by atomic mass is 79.9. The van der Waals surface area contributed by atoms with Gasteiger partial charge in [-0.1, -0.05) is 28.1 Å². The minimum Gasteiger partial charge on any atom is -0.507 e. The van der Waals surface area contributed by atoms with Gasteiger partial charge in [-0.05, 0) is 30.3 Å². The fourth-order valence-electron chi connectivity index (χ4n) is 2.04. The Kier molecular flexibility index (Phi) is 3.64. The van der Waals surface area contributed by atoms with Gasteiger partial charge in [0.05, 0.1) is 11.1 Å². The molecule has 0 aliphatic heterocycles. The highest BCUT2D eigenvalue weighted by molar-refractivity contribution is 9.10. The molecule has 3 aromatic rings. The van der Waals surface area contributed by atoms with Crippen LogP contribution in [-0.4, -0.2) is 21.1 Å². The van der Waals surface area contributed by atoms with E-state index in [9.17, 15) is 15.0 Å². The van der Waals surface area contributed by atoms with Crippen molar-refractivity contribution < 1.29 is 15.0 Å². The third kappa shape index (κ3) is 2.58. The number of H-pyrrole nitrogens is 1. The molecule has 0 saturated carbocycles. The summed E-state index contributed by atoms with van der Waals surface area (Å²) in [6, 6.07) is 11.4. The molecular formula is C15H10BrN3O3. The molecule has 3 N–H and O–H groups in total. The largest absolute Gasteiger partial charge is 0.507 e. The number of amides is 1. The number of aromatic hydroxyl groups is 2. The van der Waals surface area contributed by atoms with Gasteiger partial charge in [0.2, 0.25) is 5.88 Å². The first-order valence-electron chi connectivity index (χ1n) is 6.30. The molecule has 110 valence electrons. The number of nitrogens with one attached hydrogen (secondary N) is 1. The summed E-state index contributed by atoms with van der Waals surface area (Å²) in [6.07, 6.45) is 0. The lowest BCUT2D eigenvalue weighted by Gasteiger charge is -1.97. The van der Waals surface area contributed by atoms with Crippen LogP contribution < -0.4 is 0 Å². The quantitative estimate of drug-likeness (QED) is 0.596. The molecule has 22 heavy (non-hydrogen) atoms. The molecule has 0 bridgehead atoms. The average molecular weight is 360 g/mol. The zero-order valence-corrected chi connectivity index (χ0v) is 12.7. The van der Waals surface area contributed by atoms with E-state index in [4.69, 9.17) is 0 Å². The number of nitrogens with zero attached hydrogens (tertiary/aromatic N) is 2. The van der Waals surface area contributed by atoms with E-state index in [1.807, 2.05) is 6.07 Å². The Hall–Kier alpha value is -2.67. The van der Waals surface area contributed by atoms with Crippen LogP contribution >= 0.6 is 15.9 Å². The Labute approximate surface area is 133 Å². The number of halogens is 1. The van der Waals surface area contributed by atoms with Gasteiger partial charge in [-0.3, -0.25) is 4.79 Å². The molecule has 6 nitrogen and oxygen atoms in total. The van der Waals surface area contributed by atoms with Crippen LogP contribution in [0.1, 0.15) is 10.4 Å². The molecule has 0 aliphatic rings. The van der Waals surface area contributed by atoms with Gasteiger partial charge in [0, 0.05) is 9.86 Å². The van der Waals surface area contributed by atoms with Gasteiger partial charge < -0.3 is 15.2 Å². The number of rotatable bonds is 2. The zero-order chi connectivity index (χ0) is 15.7. The molecule has 1 aromatic heterocycles. The molecule has 1 amide bonds. The lowest BCUT2D eigenvalue weighted by Crippen LogP contribution is -1.93. The van der Waals surface area contributed by atoms with E-state index < -0.39 is 5.91 Å². The summed E-state index contributed by atoms with van der Waals surface area (Å²) >= 11 is 3.33. The van der Waals surface area contributed by atoms with E-state index in [0.29, 0.717) is 10.9 Å². The number of fused-ring (bicyclic) bond motifs is 1. The van der Waals surface area contributed by atoms with Crippen LogP contribution in [0.25, 0.3) is 10.9 Å². The van der Waals surface area contributed by atoms with Gasteiger partial charge in [0.15, 0.2) is 5.69 Å². The highest BCUT2D eigenvalue weighted by Gasteiger charge is 2.13. The molecule has 3 rings (SSSR count). The maximum absolute atomic E-state index is 12.0.